The van der Waals surface area contributed by atoms with E-state index in [1.165, 1.54) is 24.3 Å². The number of ketones is 1. The molecule has 238 valence electrons. The normalized spacial score (nSPS) is 18.1. The second kappa shape index (κ2) is 12.7. The van der Waals surface area contributed by atoms with E-state index in [1.807, 2.05) is 19.0 Å². The predicted molar refractivity (Wildman–Crippen MR) is 169 cm³/mol. The van der Waals surface area contributed by atoms with Crippen LogP contribution < -0.4 is 9.62 Å². The van der Waals surface area contributed by atoms with Gasteiger partial charge in [0, 0.05) is 37.9 Å². The van der Waals surface area contributed by atoms with E-state index in [-0.39, 0.29) is 33.5 Å². The number of hydrogen-bond acceptors (Lipinski definition) is 9. The van der Waals surface area contributed by atoms with Crippen LogP contribution in [0.4, 0.5) is 11.4 Å². The van der Waals surface area contributed by atoms with Crippen molar-refractivity contribution in [3.8, 4) is 0 Å². The van der Waals surface area contributed by atoms with E-state index in [1.54, 1.807) is 61.5 Å². The van der Waals surface area contributed by atoms with Gasteiger partial charge in [0.25, 0.3) is 10.0 Å². The molecule has 0 spiro atoms. The third-order valence-corrected chi connectivity index (χ3v) is 11.3. The minimum Gasteiger partial charge on any atom is -0.504 e. The molecular weight excluding hydrogens is 618 g/mol. The van der Waals surface area contributed by atoms with Crippen LogP contribution in [0.1, 0.15) is 31.2 Å². The van der Waals surface area contributed by atoms with Gasteiger partial charge in [-0.1, -0.05) is 37.3 Å². The monoisotopic (exact) mass is 653 g/mol. The molecule has 0 radical (unpaired) electrons. The fourth-order valence-electron chi connectivity index (χ4n) is 5.38. The Balaban J connectivity index is 1.40. The van der Waals surface area contributed by atoms with Gasteiger partial charge in [0.15, 0.2) is 11.9 Å². The van der Waals surface area contributed by atoms with Gasteiger partial charge in [-0.3, -0.25) is 9.52 Å². The average Bonchev–Trinajstić information content (AvgIpc) is 3.86. The fraction of sp³-hybridized carbons (Fsp3) is 0.312. The van der Waals surface area contributed by atoms with E-state index in [2.05, 4.69) is 4.72 Å². The van der Waals surface area contributed by atoms with Crippen molar-refractivity contribution < 1.29 is 36.3 Å². The molecule has 1 aliphatic heterocycles. The highest BCUT2D eigenvalue weighted by molar-refractivity contribution is 7.92. The van der Waals surface area contributed by atoms with E-state index in [9.17, 15) is 31.5 Å². The van der Waals surface area contributed by atoms with Crippen molar-refractivity contribution in [2.24, 2.45) is 5.92 Å². The lowest BCUT2D eigenvalue weighted by atomic mass is 9.84. The molecule has 2 atom stereocenters. The molecule has 1 fully saturated rings. The highest BCUT2D eigenvalue weighted by Gasteiger charge is 2.46. The third-order valence-electron chi connectivity index (χ3n) is 7.92. The molecule has 11 nitrogen and oxygen atoms in total. The number of benzene rings is 3. The summed E-state index contributed by atoms with van der Waals surface area (Å²) < 4.78 is 61.7. The Morgan fingerprint density at radius 1 is 0.911 bits per heavy atom. The lowest BCUT2D eigenvalue weighted by Gasteiger charge is -2.30. The molecule has 0 bridgehead atoms. The lowest BCUT2D eigenvalue weighted by molar-refractivity contribution is -0.155. The number of carbonyl (C=O) groups is 2. The first-order chi connectivity index (χ1) is 21.3. The SMILES string of the molecule is CCN(CC1OC(=O)C(C(c2cccc(NS(=O)(=O)c3ccc(N(C)C)cc3)c2)C2CC2)=C(O)C1=O)S(=O)(=O)c1ccccc1. The summed E-state index contributed by atoms with van der Waals surface area (Å²) in [5, 5.41) is 11.1. The Hall–Kier alpha value is -4.20. The Morgan fingerprint density at radius 3 is 2.18 bits per heavy atom. The summed E-state index contributed by atoms with van der Waals surface area (Å²) >= 11 is 0. The molecular formula is C32H35N3O8S2. The second-order valence-corrected chi connectivity index (χ2v) is 14.8. The minimum atomic E-state index is -4.00. The van der Waals surface area contributed by atoms with Crippen molar-refractivity contribution in [1.29, 1.82) is 0 Å². The number of nitrogens with zero attached hydrogens (tertiary/aromatic N) is 2. The van der Waals surface area contributed by atoms with Crippen LogP contribution in [0, 0.1) is 5.92 Å². The number of cyclic esters (lactones) is 1. The van der Waals surface area contributed by atoms with Crippen LogP contribution in [0.2, 0.25) is 0 Å². The summed E-state index contributed by atoms with van der Waals surface area (Å²) in [6.07, 6.45) is -0.0876. The fourth-order valence-corrected chi connectivity index (χ4v) is 7.90. The maximum absolute atomic E-state index is 13.4. The summed E-state index contributed by atoms with van der Waals surface area (Å²) in [4.78, 5) is 28.7. The first kappa shape index (κ1) is 32.2. The van der Waals surface area contributed by atoms with Gasteiger partial charge in [0.2, 0.25) is 15.8 Å². The van der Waals surface area contributed by atoms with Crippen LogP contribution in [-0.4, -0.2) is 71.3 Å². The van der Waals surface area contributed by atoms with Gasteiger partial charge < -0.3 is 14.7 Å². The van der Waals surface area contributed by atoms with E-state index in [0.717, 1.165) is 22.8 Å². The molecule has 13 heteroatoms. The Bertz CT molecular complexity index is 1840. The zero-order valence-electron chi connectivity index (χ0n) is 25.1. The number of esters is 1. The molecule has 3 aromatic rings. The van der Waals surface area contributed by atoms with E-state index in [0.29, 0.717) is 5.56 Å². The number of aliphatic hydroxyl groups excluding tert-OH is 1. The number of Topliss-reactive ketones (excluding diaryl/α,β-unsaturated/α-hetero) is 1. The number of likely N-dealkylation sites (N-methyl/N-ethyl adjacent to an activating group) is 1. The number of sulfonamides is 2. The Morgan fingerprint density at radius 2 is 1.58 bits per heavy atom. The molecule has 45 heavy (non-hydrogen) atoms. The summed E-state index contributed by atoms with van der Waals surface area (Å²) in [6.45, 7) is 1.14. The van der Waals surface area contributed by atoms with Crippen LogP contribution in [0.5, 0.6) is 0 Å². The van der Waals surface area contributed by atoms with Crippen molar-refractivity contribution in [1.82, 2.24) is 4.31 Å². The summed E-state index contributed by atoms with van der Waals surface area (Å²) in [6, 6.07) is 20.5. The van der Waals surface area contributed by atoms with Gasteiger partial charge in [0.05, 0.1) is 21.9 Å². The Kier molecular flexibility index (Phi) is 9.06. The molecule has 0 aromatic heterocycles. The molecule has 3 aromatic carbocycles. The topological polar surface area (TPSA) is 150 Å². The summed E-state index contributed by atoms with van der Waals surface area (Å²) in [5.74, 6) is -3.41. The minimum absolute atomic E-state index is 0.00306. The van der Waals surface area contributed by atoms with Crippen LogP contribution in [-0.2, 0) is 34.4 Å². The average molecular weight is 654 g/mol. The molecule has 0 saturated heterocycles. The molecule has 5 rings (SSSR count). The molecule has 0 amide bonds. The molecule has 1 heterocycles. The van der Waals surface area contributed by atoms with Crippen LogP contribution >= 0.6 is 0 Å². The number of nitrogens with one attached hydrogen (secondary N) is 1. The zero-order valence-corrected chi connectivity index (χ0v) is 26.7. The number of rotatable bonds is 12. The third kappa shape index (κ3) is 6.75. The van der Waals surface area contributed by atoms with Crippen molar-refractivity contribution >= 4 is 43.2 Å². The highest BCUT2D eigenvalue weighted by atomic mass is 32.2. The maximum Gasteiger partial charge on any atom is 0.339 e. The number of aliphatic hydroxyl groups is 1. The zero-order chi connectivity index (χ0) is 32.5. The van der Waals surface area contributed by atoms with Crippen molar-refractivity contribution in [2.75, 3.05) is 36.8 Å². The largest absolute Gasteiger partial charge is 0.504 e. The van der Waals surface area contributed by atoms with Crippen molar-refractivity contribution in [2.45, 2.75) is 41.6 Å². The van der Waals surface area contributed by atoms with E-state index < -0.39 is 56.1 Å². The number of anilines is 2. The first-order valence-corrected chi connectivity index (χ1v) is 17.4. The van der Waals surface area contributed by atoms with Crippen molar-refractivity contribution in [3.63, 3.8) is 0 Å². The smallest absolute Gasteiger partial charge is 0.339 e. The van der Waals surface area contributed by atoms with Crippen LogP contribution in [0.15, 0.2) is 100.0 Å². The van der Waals surface area contributed by atoms with Crippen LogP contribution in [0.3, 0.4) is 0 Å². The van der Waals surface area contributed by atoms with Crippen LogP contribution in [0.25, 0.3) is 0 Å². The highest BCUT2D eigenvalue weighted by Crippen LogP contribution is 2.49. The lowest BCUT2D eigenvalue weighted by Crippen LogP contribution is -2.46. The quantitative estimate of drug-likeness (QED) is 0.276. The van der Waals surface area contributed by atoms with Gasteiger partial charge in [-0.15, -0.1) is 0 Å². The molecule has 1 saturated carbocycles. The van der Waals surface area contributed by atoms with Gasteiger partial charge >= 0.3 is 5.97 Å². The molecule has 2 N–H and O–H groups in total. The van der Waals surface area contributed by atoms with E-state index in [4.69, 9.17) is 4.74 Å². The molecule has 2 unspecified atom stereocenters. The standard InChI is InChI=1S/C32H35N3O8S2/c1-4-35(45(41,42)26-11-6-5-7-12-26)20-27-30(36)31(37)29(32(38)43-27)28(21-13-14-21)22-9-8-10-23(19-22)33-44(39,40)25-17-15-24(16-18-25)34(2)3/h5-12,15-19,21,27-28,33,37H,4,13-14,20H2,1-3H3. The maximum atomic E-state index is 13.4. The number of hydrogen-bond donors (Lipinski definition) is 2. The predicted octanol–water partition coefficient (Wildman–Crippen LogP) is 4.06. The van der Waals surface area contributed by atoms with E-state index >= 15 is 0 Å². The summed E-state index contributed by atoms with van der Waals surface area (Å²) in [5.41, 5.74) is 1.39. The Labute approximate surface area is 263 Å². The van der Waals surface area contributed by atoms with Gasteiger partial charge in [-0.25, -0.2) is 21.6 Å². The summed E-state index contributed by atoms with van der Waals surface area (Å²) in [7, 11) is -4.24. The molecule has 1 aliphatic carbocycles. The second-order valence-electron chi connectivity index (χ2n) is 11.2. The van der Waals surface area contributed by atoms with Gasteiger partial charge in [-0.2, -0.15) is 4.31 Å². The van der Waals surface area contributed by atoms with Crippen molar-refractivity contribution in [3.05, 3.63) is 95.8 Å². The number of carbonyl (C=O) groups excluding carboxylic acids is 2. The van der Waals surface area contributed by atoms with Gasteiger partial charge in [0.1, 0.15) is 0 Å². The number of ether oxygens (including phenoxy) is 1. The van der Waals surface area contributed by atoms with Gasteiger partial charge in [-0.05, 0) is 72.9 Å². The first-order valence-electron chi connectivity index (χ1n) is 14.5. The molecule has 2 aliphatic rings.